The normalized spacial score (nSPS) is 21.8. The van der Waals surface area contributed by atoms with Crippen LogP contribution >= 0.6 is 0 Å². The molecule has 1 aliphatic carbocycles. The van der Waals surface area contributed by atoms with Crippen LogP contribution in [-0.4, -0.2) is 0 Å². The Morgan fingerprint density at radius 2 is 1.71 bits per heavy atom. The topological polar surface area (TPSA) is 23.8 Å². The Morgan fingerprint density at radius 1 is 1.08 bits per heavy atom. The summed E-state index contributed by atoms with van der Waals surface area (Å²) in [4.78, 5) is 0. The van der Waals surface area contributed by atoms with E-state index >= 15 is 0 Å². The van der Waals surface area contributed by atoms with Gasteiger partial charge in [-0.1, -0.05) is 50.0 Å². The van der Waals surface area contributed by atoms with E-state index in [1.807, 2.05) is 18.2 Å². The molecule has 0 aliphatic heterocycles. The monoisotopic (exact) mass is 329 g/mol. The molecule has 0 N–H and O–H groups in total. The lowest BCUT2D eigenvalue weighted by molar-refractivity contribution is 0.254. The molecule has 1 aromatic rings. The number of rotatable bonds is 7. The van der Waals surface area contributed by atoms with Crippen molar-refractivity contribution in [3.05, 3.63) is 59.7 Å². The van der Waals surface area contributed by atoms with Crippen molar-refractivity contribution in [2.24, 2.45) is 11.8 Å². The average molecular weight is 329 g/mol. The molecule has 0 radical (unpaired) electrons. The number of nitriles is 1. The lowest BCUT2D eigenvalue weighted by Crippen LogP contribution is -2.15. The van der Waals surface area contributed by atoms with E-state index in [0.29, 0.717) is 0 Å². The molecule has 1 fully saturated rings. The minimum absolute atomic E-state index is 0.167. The smallest absolute Gasteiger partial charge is 0.199 e. The Hall–Kier alpha value is -1.95. The van der Waals surface area contributed by atoms with Crippen LogP contribution in [0.4, 0.5) is 8.78 Å². The van der Waals surface area contributed by atoms with E-state index in [1.165, 1.54) is 61.9 Å². The van der Waals surface area contributed by atoms with E-state index in [0.717, 1.165) is 31.1 Å². The Morgan fingerprint density at radius 3 is 2.33 bits per heavy atom. The maximum atomic E-state index is 12.9. The van der Waals surface area contributed by atoms with E-state index in [-0.39, 0.29) is 5.82 Å². The molecule has 0 amide bonds. The molecule has 1 aliphatic rings. The van der Waals surface area contributed by atoms with Gasteiger partial charge in [-0.05, 0) is 61.3 Å². The van der Waals surface area contributed by atoms with E-state index in [2.05, 4.69) is 0 Å². The van der Waals surface area contributed by atoms with Gasteiger partial charge in [0.15, 0.2) is 5.83 Å². The van der Waals surface area contributed by atoms with Crippen LogP contribution < -0.4 is 0 Å². The molecule has 0 saturated heterocycles. The summed E-state index contributed by atoms with van der Waals surface area (Å²) in [5, 5.41) is 8.30. The fourth-order valence-electron chi connectivity index (χ4n) is 3.45. The first-order valence-electron chi connectivity index (χ1n) is 8.84. The minimum atomic E-state index is -0.743. The lowest BCUT2D eigenvalue weighted by Gasteiger charge is -2.28. The van der Waals surface area contributed by atoms with Crippen LogP contribution in [0.1, 0.15) is 50.5 Å². The van der Waals surface area contributed by atoms with Gasteiger partial charge in [0.1, 0.15) is 11.9 Å². The molecule has 1 aromatic carbocycles. The summed E-state index contributed by atoms with van der Waals surface area (Å²) in [6, 6.07) is 8.31. The molecule has 24 heavy (non-hydrogen) atoms. The third-order valence-electron chi connectivity index (χ3n) is 4.95. The standard InChI is InChI=1S/C21H25F2N/c22-20-14-12-19(13-15-20)11-10-18-8-6-17(7-9-18)4-2-1-3-5-21(23)16-24/h1,3,5,12-15,17-18H,2,4,6-11H2/t17-,18-. The van der Waals surface area contributed by atoms with Crippen molar-refractivity contribution in [1.82, 2.24) is 0 Å². The summed E-state index contributed by atoms with van der Waals surface area (Å²) < 4.78 is 25.5. The predicted octanol–water partition coefficient (Wildman–Crippen LogP) is 6.28. The van der Waals surface area contributed by atoms with Crippen LogP contribution in [0.25, 0.3) is 0 Å². The second-order valence-electron chi connectivity index (χ2n) is 6.68. The highest BCUT2D eigenvalue weighted by molar-refractivity contribution is 5.18. The summed E-state index contributed by atoms with van der Waals surface area (Å²) in [7, 11) is 0. The van der Waals surface area contributed by atoms with Crippen molar-refractivity contribution < 1.29 is 8.78 Å². The van der Waals surface area contributed by atoms with Gasteiger partial charge < -0.3 is 0 Å². The summed E-state index contributed by atoms with van der Waals surface area (Å²) in [5.74, 6) is 0.642. The summed E-state index contributed by atoms with van der Waals surface area (Å²) >= 11 is 0. The Bertz CT molecular complexity index is 587. The molecule has 1 saturated carbocycles. The van der Waals surface area contributed by atoms with Gasteiger partial charge >= 0.3 is 0 Å². The first-order valence-corrected chi connectivity index (χ1v) is 8.84. The number of benzene rings is 1. The maximum Gasteiger partial charge on any atom is 0.199 e. The minimum Gasteiger partial charge on any atom is -0.207 e. The summed E-state index contributed by atoms with van der Waals surface area (Å²) in [5.41, 5.74) is 1.22. The first-order chi connectivity index (χ1) is 11.7. The van der Waals surface area contributed by atoms with Crippen LogP contribution in [-0.2, 0) is 6.42 Å². The molecule has 0 spiro atoms. The molecule has 0 bridgehead atoms. The van der Waals surface area contributed by atoms with Gasteiger partial charge in [-0.15, -0.1) is 0 Å². The highest BCUT2D eigenvalue weighted by Gasteiger charge is 2.20. The zero-order chi connectivity index (χ0) is 17.2. The third-order valence-corrected chi connectivity index (χ3v) is 4.95. The van der Waals surface area contributed by atoms with Crippen molar-refractivity contribution in [1.29, 1.82) is 5.26 Å². The van der Waals surface area contributed by atoms with Gasteiger partial charge in [0.2, 0.25) is 0 Å². The van der Waals surface area contributed by atoms with Gasteiger partial charge in [-0.3, -0.25) is 0 Å². The zero-order valence-corrected chi connectivity index (χ0v) is 14.1. The van der Waals surface area contributed by atoms with Crippen LogP contribution in [0.3, 0.4) is 0 Å². The summed E-state index contributed by atoms with van der Waals surface area (Å²) in [6.45, 7) is 0. The largest absolute Gasteiger partial charge is 0.207 e. The van der Waals surface area contributed by atoms with Crippen molar-refractivity contribution in [3.63, 3.8) is 0 Å². The molecule has 128 valence electrons. The molecule has 3 heteroatoms. The van der Waals surface area contributed by atoms with E-state index < -0.39 is 5.83 Å². The zero-order valence-electron chi connectivity index (χ0n) is 14.1. The number of hydrogen-bond donors (Lipinski definition) is 0. The molecule has 0 heterocycles. The quantitative estimate of drug-likeness (QED) is 0.427. The van der Waals surface area contributed by atoms with Crippen molar-refractivity contribution in [2.75, 3.05) is 0 Å². The van der Waals surface area contributed by atoms with Crippen molar-refractivity contribution in [3.8, 4) is 6.07 Å². The van der Waals surface area contributed by atoms with Crippen LogP contribution in [0.2, 0.25) is 0 Å². The van der Waals surface area contributed by atoms with Gasteiger partial charge in [0.25, 0.3) is 0 Å². The first kappa shape index (κ1) is 18.4. The third kappa shape index (κ3) is 6.66. The van der Waals surface area contributed by atoms with Crippen LogP contribution in [0.5, 0.6) is 0 Å². The second-order valence-corrected chi connectivity index (χ2v) is 6.68. The highest BCUT2D eigenvalue weighted by Crippen LogP contribution is 2.34. The number of allylic oxidation sites excluding steroid dienone is 4. The Labute approximate surface area is 143 Å². The average Bonchev–Trinajstić information content (AvgIpc) is 2.61. The number of aryl methyl sites for hydroxylation is 1. The number of hydrogen-bond acceptors (Lipinski definition) is 1. The van der Waals surface area contributed by atoms with Crippen molar-refractivity contribution >= 4 is 0 Å². The van der Waals surface area contributed by atoms with Gasteiger partial charge in [0, 0.05) is 0 Å². The molecule has 0 atom stereocenters. The van der Waals surface area contributed by atoms with E-state index in [4.69, 9.17) is 5.26 Å². The van der Waals surface area contributed by atoms with E-state index in [9.17, 15) is 8.78 Å². The molecular weight excluding hydrogens is 304 g/mol. The van der Waals surface area contributed by atoms with Crippen LogP contribution in [0, 0.1) is 29.0 Å². The molecular formula is C21H25F2N. The van der Waals surface area contributed by atoms with E-state index in [1.54, 1.807) is 6.08 Å². The second kappa shape index (κ2) is 10.0. The van der Waals surface area contributed by atoms with Gasteiger partial charge in [-0.2, -0.15) is 9.65 Å². The molecule has 2 rings (SSSR count). The number of nitrogens with zero attached hydrogens (tertiary/aromatic N) is 1. The lowest BCUT2D eigenvalue weighted by atomic mass is 9.78. The molecule has 1 nitrogen and oxygen atoms in total. The highest BCUT2D eigenvalue weighted by atomic mass is 19.1. The SMILES string of the molecule is N#CC(F)=CC=CCC[C@H]1CC[C@H](CCc2ccc(F)cc2)CC1. The van der Waals surface area contributed by atoms with Crippen LogP contribution in [0.15, 0.2) is 48.3 Å². The predicted molar refractivity (Wildman–Crippen MR) is 93.3 cm³/mol. The fourth-order valence-corrected chi connectivity index (χ4v) is 3.45. The van der Waals surface area contributed by atoms with Gasteiger partial charge in [0.05, 0.1) is 0 Å². The van der Waals surface area contributed by atoms with Gasteiger partial charge in [-0.25, -0.2) is 4.39 Å². The summed E-state index contributed by atoms with van der Waals surface area (Å²) in [6.07, 6.45) is 14.2. The maximum absolute atomic E-state index is 12.9. The number of halogens is 2. The molecule has 0 unspecified atom stereocenters. The Kier molecular flexibility index (Phi) is 7.68. The fraction of sp³-hybridized carbons (Fsp3) is 0.476. The molecule has 0 aromatic heterocycles. The van der Waals surface area contributed by atoms with Crippen molar-refractivity contribution in [2.45, 2.75) is 51.4 Å². The Balaban J connectivity index is 1.61.